The Morgan fingerprint density at radius 1 is 0.977 bits per heavy atom. The first-order valence-corrected chi connectivity index (χ1v) is 15.0. The number of rotatable bonds is 9. The van der Waals surface area contributed by atoms with E-state index in [9.17, 15) is 19.2 Å². The van der Waals surface area contributed by atoms with E-state index in [-0.39, 0.29) is 37.2 Å². The van der Waals surface area contributed by atoms with Crippen LogP contribution in [0.3, 0.4) is 0 Å². The van der Waals surface area contributed by atoms with Gasteiger partial charge in [0.25, 0.3) is 0 Å². The van der Waals surface area contributed by atoms with Crippen molar-refractivity contribution in [3.8, 4) is 0 Å². The van der Waals surface area contributed by atoms with Crippen LogP contribution in [-0.4, -0.2) is 113 Å². The van der Waals surface area contributed by atoms with Crippen LogP contribution in [0.4, 0.5) is 0 Å². The zero-order valence-corrected chi connectivity index (χ0v) is 26.4. The third kappa shape index (κ3) is 4.34. The molecular weight excluding hydrogens is 562 g/mol. The molecule has 12 heteroatoms. The normalized spacial score (nSPS) is 44.1. The molecule has 1 spiro atoms. The lowest BCUT2D eigenvalue weighted by molar-refractivity contribution is -0.275. The second-order valence-electron chi connectivity index (χ2n) is 12.8. The summed E-state index contributed by atoms with van der Waals surface area (Å²) in [4.78, 5) is 54.1. The lowest BCUT2D eigenvalue weighted by Gasteiger charge is -2.69. The lowest BCUT2D eigenvalue weighted by atomic mass is 9.43. The summed E-state index contributed by atoms with van der Waals surface area (Å²) in [6, 6.07) is -0.261. The van der Waals surface area contributed by atoms with Gasteiger partial charge in [-0.25, -0.2) is 0 Å². The first kappa shape index (κ1) is 32.0. The molecule has 240 valence electrons. The standard InChI is InChI=1S/C31H45NO11/c1-9-32-14-29(15-37-5)23(42-17(3)34)11-24(39-7)31-19-10-21(36)22(38-6)12-30(43-18(4)35,20(19)13-41-16(2)33)25(28(31)32)26(40-8)27(29)31/h13,19,22-28H,9-12,14-15H2,1-8H3/b20-13+/t19-,22+,23-,24+,25+,26+,27-,28?,29+,30-,31+/m1/s1. The largest absolute Gasteiger partial charge is 0.462 e. The van der Waals surface area contributed by atoms with E-state index in [4.69, 9.17) is 33.2 Å². The third-order valence-corrected chi connectivity index (χ3v) is 11.1. The average molecular weight is 608 g/mol. The molecule has 0 aromatic heterocycles. The predicted molar refractivity (Wildman–Crippen MR) is 149 cm³/mol. The highest BCUT2D eigenvalue weighted by Gasteiger charge is 2.86. The second kappa shape index (κ2) is 11.5. The van der Waals surface area contributed by atoms with Crippen LogP contribution < -0.4 is 0 Å². The van der Waals surface area contributed by atoms with Crippen LogP contribution in [0.5, 0.6) is 0 Å². The van der Waals surface area contributed by atoms with Crippen molar-refractivity contribution in [3.63, 3.8) is 0 Å². The van der Waals surface area contributed by atoms with E-state index >= 15 is 0 Å². The molecule has 0 amide bonds. The molecular formula is C31H45NO11. The Morgan fingerprint density at radius 2 is 1.70 bits per heavy atom. The van der Waals surface area contributed by atoms with Gasteiger partial charge >= 0.3 is 17.9 Å². The summed E-state index contributed by atoms with van der Waals surface area (Å²) >= 11 is 0. The maximum Gasteiger partial charge on any atom is 0.307 e. The van der Waals surface area contributed by atoms with Crippen LogP contribution in [0.2, 0.25) is 0 Å². The van der Waals surface area contributed by atoms with E-state index in [0.717, 1.165) is 0 Å². The van der Waals surface area contributed by atoms with Gasteiger partial charge in [-0.15, -0.1) is 0 Å². The number of nitrogens with zero attached hydrogens (tertiary/aromatic N) is 1. The number of likely N-dealkylation sites (tertiary alicyclic amines) is 1. The molecule has 5 fully saturated rings. The number of carbonyl (C=O) groups is 4. The SMILES string of the molecule is CCN1C[C@@]2(COC)[C@H]3[C@@H](OC)[C@H]4C1[C@]3([C@@H](OC)C[C@H]2OC(C)=O)[C@@H]1CC(=O)[C@@H](OC)C[C@@]4(OC(C)=O)/C1=C/OC(C)=O. The molecule has 1 unspecified atom stereocenters. The second-order valence-corrected chi connectivity index (χ2v) is 12.8. The number of esters is 3. The highest BCUT2D eigenvalue weighted by molar-refractivity contribution is 5.85. The zero-order chi connectivity index (χ0) is 31.5. The molecule has 12 nitrogen and oxygen atoms in total. The van der Waals surface area contributed by atoms with Crippen molar-refractivity contribution in [1.82, 2.24) is 4.90 Å². The third-order valence-electron chi connectivity index (χ3n) is 11.1. The van der Waals surface area contributed by atoms with Crippen molar-refractivity contribution in [2.45, 2.75) is 83.0 Å². The summed E-state index contributed by atoms with van der Waals surface area (Å²) < 4.78 is 42.6. The van der Waals surface area contributed by atoms with E-state index < -0.39 is 70.6 Å². The number of ether oxygens (including phenoxy) is 7. The number of methoxy groups -OCH3 is 4. The molecule has 5 aliphatic rings. The fraction of sp³-hybridized carbons (Fsp3) is 0.806. The molecule has 5 rings (SSSR count). The lowest BCUT2D eigenvalue weighted by Crippen LogP contribution is -2.77. The van der Waals surface area contributed by atoms with Gasteiger partial charge in [-0.05, 0) is 6.54 Å². The fourth-order valence-electron chi connectivity index (χ4n) is 10.3. The summed E-state index contributed by atoms with van der Waals surface area (Å²) in [5.41, 5.74) is -2.40. The first-order chi connectivity index (χ1) is 20.4. The average Bonchev–Trinajstić information content (AvgIpc) is 3.08. The molecule has 11 atom stereocenters. The van der Waals surface area contributed by atoms with E-state index in [1.165, 1.54) is 34.1 Å². The van der Waals surface area contributed by atoms with Crippen molar-refractivity contribution in [3.05, 3.63) is 11.8 Å². The zero-order valence-electron chi connectivity index (χ0n) is 26.4. The predicted octanol–water partition coefficient (Wildman–Crippen LogP) is 1.68. The Bertz CT molecular complexity index is 1190. The maximum atomic E-state index is 14.0. The monoisotopic (exact) mass is 607 g/mol. The van der Waals surface area contributed by atoms with Crippen LogP contribution in [0.1, 0.15) is 47.0 Å². The van der Waals surface area contributed by atoms with Crippen LogP contribution in [0.15, 0.2) is 11.8 Å². The van der Waals surface area contributed by atoms with Crippen molar-refractivity contribution in [2.75, 3.05) is 48.1 Å². The molecule has 7 bridgehead atoms. The summed E-state index contributed by atoms with van der Waals surface area (Å²) in [5, 5.41) is 0. The van der Waals surface area contributed by atoms with Gasteiger partial charge in [0.1, 0.15) is 17.8 Å². The molecule has 0 radical (unpaired) electrons. The Morgan fingerprint density at radius 3 is 2.23 bits per heavy atom. The van der Waals surface area contributed by atoms with Crippen LogP contribution in [0.25, 0.3) is 0 Å². The van der Waals surface area contributed by atoms with Gasteiger partial charge in [-0.3, -0.25) is 24.1 Å². The summed E-state index contributed by atoms with van der Waals surface area (Å²) in [6.07, 6.45) is -0.637. The molecule has 0 aromatic rings. The Hall–Kier alpha value is -2.38. The molecule has 1 heterocycles. The molecule has 4 saturated carbocycles. The highest BCUT2D eigenvalue weighted by Crippen LogP contribution is 2.77. The number of carbonyl (C=O) groups excluding carboxylic acids is 4. The maximum absolute atomic E-state index is 14.0. The van der Waals surface area contributed by atoms with Crippen LogP contribution in [-0.2, 0) is 52.3 Å². The van der Waals surface area contributed by atoms with Gasteiger partial charge in [-0.1, -0.05) is 6.92 Å². The molecule has 0 N–H and O–H groups in total. The van der Waals surface area contributed by atoms with Crippen molar-refractivity contribution < 1.29 is 52.3 Å². The van der Waals surface area contributed by atoms with Crippen LogP contribution >= 0.6 is 0 Å². The Kier molecular flexibility index (Phi) is 8.58. The highest BCUT2D eigenvalue weighted by atomic mass is 16.6. The van der Waals surface area contributed by atoms with Gasteiger partial charge < -0.3 is 33.2 Å². The summed E-state index contributed by atoms with van der Waals surface area (Å²) in [5.74, 6) is -3.07. The van der Waals surface area contributed by atoms with Gasteiger partial charge in [0.2, 0.25) is 0 Å². The minimum absolute atomic E-state index is 0.0369. The number of piperidine rings is 1. The van der Waals surface area contributed by atoms with Crippen LogP contribution in [0, 0.1) is 28.6 Å². The summed E-state index contributed by atoms with van der Waals surface area (Å²) in [6.45, 7) is 7.51. The van der Waals surface area contributed by atoms with E-state index in [1.54, 1.807) is 21.3 Å². The van der Waals surface area contributed by atoms with Crippen molar-refractivity contribution in [2.24, 2.45) is 28.6 Å². The summed E-state index contributed by atoms with van der Waals surface area (Å²) in [7, 11) is 6.37. The van der Waals surface area contributed by atoms with Gasteiger partial charge in [0.15, 0.2) is 5.78 Å². The minimum atomic E-state index is -1.40. The first-order valence-electron chi connectivity index (χ1n) is 15.0. The number of hydrogen-bond donors (Lipinski definition) is 0. The molecule has 1 saturated heterocycles. The Labute approximate surface area is 252 Å². The smallest absolute Gasteiger partial charge is 0.307 e. The van der Waals surface area contributed by atoms with E-state index in [1.807, 2.05) is 0 Å². The van der Waals surface area contributed by atoms with Crippen molar-refractivity contribution >= 4 is 23.7 Å². The van der Waals surface area contributed by atoms with Crippen molar-refractivity contribution in [1.29, 1.82) is 0 Å². The number of fused-ring (bicyclic) bond motifs is 3. The van der Waals surface area contributed by atoms with Gasteiger partial charge in [-0.2, -0.15) is 0 Å². The Balaban J connectivity index is 1.91. The molecule has 4 aliphatic carbocycles. The molecule has 0 aromatic carbocycles. The topological polar surface area (TPSA) is 136 Å². The molecule has 43 heavy (non-hydrogen) atoms. The number of ketones is 1. The quantitative estimate of drug-likeness (QED) is 0.214. The minimum Gasteiger partial charge on any atom is -0.462 e. The molecule has 1 aliphatic heterocycles. The number of hydrogen-bond acceptors (Lipinski definition) is 12. The van der Waals surface area contributed by atoms with E-state index in [2.05, 4.69) is 11.8 Å². The number of Topliss-reactive ketones (excluding diaryl/α,β-unsaturated/α-hetero) is 1. The fourth-order valence-corrected chi connectivity index (χ4v) is 10.3. The van der Waals surface area contributed by atoms with Gasteiger partial charge in [0, 0.05) is 115 Å². The van der Waals surface area contributed by atoms with Gasteiger partial charge in [0.05, 0.1) is 25.1 Å². The van der Waals surface area contributed by atoms with E-state index in [0.29, 0.717) is 25.1 Å².